The van der Waals surface area contributed by atoms with Crippen molar-refractivity contribution in [2.75, 3.05) is 5.32 Å². The average molecular weight is 409 g/mol. The minimum absolute atomic E-state index is 0.109. The fraction of sp³-hybridized carbons (Fsp3) is 0.115. The van der Waals surface area contributed by atoms with Gasteiger partial charge in [0, 0.05) is 41.9 Å². The average Bonchev–Trinajstić information content (AvgIpc) is 2.78. The molecule has 4 aromatic rings. The van der Waals surface area contributed by atoms with E-state index in [1.165, 1.54) is 6.07 Å². The van der Waals surface area contributed by atoms with Gasteiger partial charge in [0.25, 0.3) is 5.91 Å². The van der Waals surface area contributed by atoms with Gasteiger partial charge in [0.05, 0.1) is 5.69 Å². The minimum Gasteiger partial charge on any atom is -0.340 e. The monoisotopic (exact) mass is 409 g/mol. The highest BCUT2D eigenvalue weighted by molar-refractivity contribution is 6.08. The third-order valence-electron chi connectivity index (χ3n) is 5.26. The third-order valence-corrected chi connectivity index (χ3v) is 5.26. The normalized spacial score (nSPS) is 10.6. The number of carbonyl (C=O) groups is 1. The Kier molecular flexibility index (Phi) is 5.76. The lowest BCUT2D eigenvalue weighted by Crippen LogP contribution is -2.27. The van der Waals surface area contributed by atoms with Crippen molar-refractivity contribution < 1.29 is 4.79 Å². The summed E-state index contributed by atoms with van der Waals surface area (Å²) in [6.07, 6.45) is 3.35. The van der Waals surface area contributed by atoms with Crippen molar-refractivity contribution in [3.8, 4) is 11.3 Å². The zero-order valence-corrected chi connectivity index (χ0v) is 17.5. The molecule has 2 heterocycles. The summed E-state index contributed by atoms with van der Waals surface area (Å²) < 4.78 is 2.00. The van der Waals surface area contributed by atoms with E-state index in [-0.39, 0.29) is 11.0 Å². The first-order valence-electron chi connectivity index (χ1n) is 10.1. The number of para-hydroxylation sites is 1. The van der Waals surface area contributed by atoms with Crippen LogP contribution in [-0.2, 0) is 6.54 Å². The van der Waals surface area contributed by atoms with Crippen molar-refractivity contribution in [2.45, 2.75) is 20.4 Å². The lowest BCUT2D eigenvalue weighted by Gasteiger charge is -2.20. The molecule has 4 rings (SSSR count). The molecule has 0 aliphatic rings. The fourth-order valence-corrected chi connectivity index (χ4v) is 3.66. The summed E-state index contributed by atoms with van der Waals surface area (Å²) in [4.78, 5) is 30.6. The van der Waals surface area contributed by atoms with Crippen LogP contribution in [0.4, 0.5) is 5.69 Å². The van der Waals surface area contributed by atoms with Gasteiger partial charge in [0.2, 0.25) is 0 Å². The molecule has 0 fully saturated rings. The summed E-state index contributed by atoms with van der Waals surface area (Å²) in [6.45, 7) is 4.33. The Morgan fingerprint density at radius 1 is 0.968 bits per heavy atom. The lowest BCUT2D eigenvalue weighted by molar-refractivity contribution is 0.102. The Labute approximate surface area is 181 Å². The quantitative estimate of drug-likeness (QED) is 0.514. The van der Waals surface area contributed by atoms with Gasteiger partial charge < -0.3 is 9.88 Å². The molecule has 0 saturated heterocycles. The Balaban J connectivity index is 1.90. The summed E-state index contributed by atoms with van der Waals surface area (Å²) in [5.41, 5.74) is 4.53. The topological polar surface area (TPSA) is 64.0 Å². The van der Waals surface area contributed by atoms with E-state index < -0.39 is 5.91 Å². The molecule has 0 atom stereocenters. The summed E-state index contributed by atoms with van der Waals surface area (Å²) in [5, 5.41) is 2.92. The van der Waals surface area contributed by atoms with E-state index in [1.807, 2.05) is 79.1 Å². The van der Waals surface area contributed by atoms with Crippen LogP contribution in [0, 0.1) is 13.8 Å². The molecule has 2 aromatic heterocycles. The Morgan fingerprint density at radius 3 is 2.42 bits per heavy atom. The molecule has 0 radical (unpaired) electrons. The summed E-state index contributed by atoms with van der Waals surface area (Å²) >= 11 is 0. The summed E-state index contributed by atoms with van der Waals surface area (Å²) in [6, 6.07) is 22.7. The second kappa shape index (κ2) is 8.79. The van der Waals surface area contributed by atoms with Gasteiger partial charge >= 0.3 is 0 Å². The molecule has 0 unspecified atom stereocenters. The number of hydrogen-bond donors (Lipinski definition) is 1. The first-order valence-corrected chi connectivity index (χ1v) is 10.1. The van der Waals surface area contributed by atoms with Crippen molar-refractivity contribution in [1.29, 1.82) is 0 Å². The van der Waals surface area contributed by atoms with Crippen LogP contribution < -0.4 is 10.7 Å². The molecule has 2 aromatic carbocycles. The van der Waals surface area contributed by atoms with Crippen LogP contribution in [0.25, 0.3) is 11.3 Å². The van der Waals surface area contributed by atoms with E-state index in [4.69, 9.17) is 0 Å². The van der Waals surface area contributed by atoms with Gasteiger partial charge in [-0.25, -0.2) is 0 Å². The van der Waals surface area contributed by atoms with Gasteiger partial charge in [0.1, 0.15) is 5.56 Å². The van der Waals surface area contributed by atoms with Crippen LogP contribution in [0.15, 0.2) is 90.0 Å². The van der Waals surface area contributed by atoms with E-state index in [0.29, 0.717) is 23.5 Å². The zero-order valence-electron chi connectivity index (χ0n) is 17.5. The number of amides is 1. The number of aryl methyl sites for hydroxylation is 2. The van der Waals surface area contributed by atoms with Crippen LogP contribution >= 0.6 is 0 Å². The number of hydrogen-bond acceptors (Lipinski definition) is 3. The van der Waals surface area contributed by atoms with Crippen molar-refractivity contribution >= 4 is 11.6 Å². The molecule has 0 aliphatic carbocycles. The van der Waals surface area contributed by atoms with Crippen molar-refractivity contribution in [3.05, 3.63) is 118 Å². The molecular formula is C26H23N3O2. The van der Waals surface area contributed by atoms with Crippen LogP contribution in [0.3, 0.4) is 0 Å². The molecule has 154 valence electrons. The number of nitrogens with zero attached hydrogens (tertiary/aromatic N) is 2. The largest absolute Gasteiger partial charge is 0.340 e. The summed E-state index contributed by atoms with van der Waals surface area (Å²) in [7, 11) is 0. The highest BCUT2D eigenvalue weighted by atomic mass is 16.2. The Hall–Kier alpha value is -3.99. The van der Waals surface area contributed by atoms with Crippen molar-refractivity contribution in [3.63, 3.8) is 0 Å². The molecule has 5 heteroatoms. The van der Waals surface area contributed by atoms with E-state index >= 15 is 0 Å². The van der Waals surface area contributed by atoms with Crippen LogP contribution in [0.5, 0.6) is 0 Å². The van der Waals surface area contributed by atoms with E-state index in [2.05, 4.69) is 10.3 Å². The van der Waals surface area contributed by atoms with Gasteiger partial charge in [-0.1, -0.05) is 48.5 Å². The Morgan fingerprint density at radius 2 is 1.71 bits per heavy atom. The second-order valence-corrected chi connectivity index (χ2v) is 7.46. The van der Waals surface area contributed by atoms with Crippen LogP contribution in [0.1, 0.15) is 27.2 Å². The van der Waals surface area contributed by atoms with Crippen molar-refractivity contribution in [2.24, 2.45) is 0 Å². The Bertz CT molecular complexity index is 1280. The zero-order chi connectivity index (χ0) is 21.8. The maximum atomic E-state index is 13.4. The molecule has 5 nitrogen and oxygen atoms in total. The SMILES string of the molecule is Cc1ccccc1NC(=O)c1c(-c2cccnc2)n(Cc2ccccc2)c(C)cc1=O. The molecule has 0 aliphatic heterocycles. The lowest BCUT2D eigenvalue weighted by atomic mass is 10.0. The first-order chi connectivity index (χ1) is 15.0. The molecular weight excluding hydrogens is 386 g/mol. The minimum atomic E-state index is -0.431. The van der Waals surface area contributed by atoms with Gasteiger partial charge in [-0.3, -0.25) is 14.6 Å². The van der Waals surface area contributed by atoms with Crippen molar-refractivity contribution in [1.82, 2.24) is 9.55 Å². The molecule has 1 amide bonds. The number of carbonyl (C=O) groups excluding carboxylic acids is 1. The highest BCUT2D eigenvalue weighted by Gasteiger charge is 2.22. The number of pyridine rings is 2. The maximum Gasteiger partial charge on any atom is 0.261 e. The van der Waals surface area contributed by atoms with E-state index in [1.54, 1.807) is 18.5 Å². The number of rotatable bonds is 5. The standard InChI is InChI=1S/C26H23N3O2/c1-18-9-6-7-13-22(18)28-26(31)24-23(30)15-19(2)29(17-20-10-4-3-5-11-20)25(24)21-12-8-14-27-16-21/h3-16H,17H2,1-2H3,(H,28,31). The molecule has 0 spiro atoms. The van der Waals surface area contributed by atoms with E-state index in [0.717, 1.165) is 16.8 Å². The number of nitrogens with one attached hydrogen (secondary N) is 1. The number of benzene rings is 2. The van der Waals surface area contributed by atoms with Crippen LogP contribution in [-0.4, -0.2) is 15.5 Å². The maximum absolute atomic E-state index is 13.4. The first kappa shape index (κ1) is 20.3. The predicted molar refractivity (Wildman–Crippen MR) is 123 cm³/mol. The fourth-order valence-electron chi connectivity index (χ4n) is 3.66. The molecule has 0 bridgehead atoms. The highest BCUT2D eigenvalue weighted by Crippen LogP contribution is 2.25. The van der Waals surface area contributed by atoms with Gasteiger partial charge in [0.15, 0.2) is 5.43 Å². The molecule has 1 N–H and O–H groups in total. The smallest absolute Gasteiger partial charge is 0.261 e. The predicted octanol–water partition coefficient (Wildman–Crippen LogP) is 4.83. The third kappa shape index (κ3) is 4.31. The van der Waals surface area contributed by atoms with E-state index in [9.17, 15) is 9.59 Å². The van der Waals surface area contributed by atoms with Gasteiger partial charge in [-0.2, -0.15) is 0 Å². The number of anilines is 1. The van der Waals surface area contributed by atoms with Gasteiger partial charge in [-0.15, -0.1) is 0 Å². The number of aromatic nitrogens is 2. The summed E-state index contributed by atoms with van der Waals surface area (Å²) in [5.74, 6) is -0.431. The van der Waals surface area contributed by atoms with Crippen LogP contribution in [0.2, 0.25) is 0 Å². The second-order valence-electron chi connectivity index (χ2n) is 7.46. The van der Waals surface area contributed by atoms with Gasteiger partial charge in [-0.05, 0) is 43.2 Å². The molecule has 31 heavy (non-hydrogen) atoms. The molecule has 0 saturated carbocycles.